The van der Waals surface area contributed by atoms with Crippen LogP contribution in [0.15, 0.2) is 181 Å². The van der Waals surface area contributed by atoms with Gasteiger partial charge in [0.05, 0.1) is 27.6 Å². The molecule has 0 bridgehead atoms. The van der Waals surface area contributed by atoms with Gasteiger partial charge in [0.2, 0.25) is 5.78 Å². The summed E-state index contributed by atoms with van der Waals surface area (Å²) in [5.41, 5.74) is 10.2. The van der Waals surface area contributed by atoms with Gasteiger partial charge in [0.1, 0.15) is 0 Å². The number of nitrogens with zero attached hydrogens (tertiary/aromatic N) is 3. The van der Waals surface area contributed by atoms with Gasteiger partial charge in [-0.15, -0.1) is 0 Å². The fourth-order valence-corrected chi connectivity index (χ4v) is 7.64. The van der Waals surface area contributed by atoms with E-state index in [9.17, 15) is 4.79 Å². The molecule has 0 radical (unpaired) electrons. The topological polar surface area (TPSA) is 39.3 Å². The number of aromatic nitrogens is 3. The summed E-state index contributed by atoms with van der Waals surface area (Å²) in [6.07, 6.45) is 0. The summed E-state index contributed by atoms with van der Waals surface area (Å²) in [6, 6.07) is 61.1. The molecule has 0 fully saturated rings. The first-order valence-electron chi connectivity index (χ1n) is 16.9. The summed E-state index contributed by atoms with van der Waals surface area (Å²) >= 11 is 0. The maximum Gasteiger partial charge on any atom is 0.267 e. The van der Waals surface area contributed by atoms with Crippen LogP contribution >= 0.6 is 0 Å². The van der Waals surface area contributed by atoms with Gasteiger partial charge in [-0.2, -0.15) is 0 Å². The van der Waals surface area contributed by atoms with Gasteiger partial charge in [0.25, 0.3) is 5.56 Å². The van der Waals surface area contributed by atoms with Gasteiger partial charge in [-0.25, -0.2) is 9.38 Å². The van der Waals surface area contributed by atoms with E-state index in [1.807, 2.05) is 48.5 Å². The van der Waals surface area contributed by atoms with Gasteiger partial charge >= 0.3 is 0 Å². The minimum absolute atomic E-state index is 0.0774. The summed E-state index contributed by atoms with van der Waals surface area (Å²) in [5, 5.41) is 5.01. The van der Waals surface area contributed by atoms with E-state index in [-0.39, 0.29) is 5.56 Å². The minimum Gasteiger partial charge on any atom is -0.277 e. The number of rotatable bonds is 4. The smallest absolute Gasteiger partial charge is 0.267 e. The number of imidazole rings is 1. The third-order valence-electron chi connectivity index (χ3n) is 9.91. The van der Waals surface area contributed by atoms with Crippen molar-refractivity contribution in [2.24, 2.45) is 0 Å². The minimum atomic E-state index is -0.0774. The molecule has 0 N–H and O–H groups in total. The zero-order chi connectivity index (χ0) is 33.2. The van der Waals surface area contributed by atoms with Crippen LogP contribution in [0.5, 0.6) is 0 Å². The molecule has 234 valence electrons. The fraction of sp³-hybridized carbons (Fsp3) is 0. The highest BCUT2D eigenvalue weighted by Crippen LogP contribution is 2.45. The Balaban J connectivity index is 1.45. The lowest BCUT2D eigenvalue weighted by Crippen LogP contribution is -2.15. The third kappa shape index (κ3) is 4.25. The van der Waals surface area contributed by atoms with Gasteiger partial charge in [-0.05, 0) is 80.6 Å². The van der Waals surface area contributed by atoms with E-state index in [1.54, 1.807) is 4.40 Å². The predicted octanol–water partition coefficient (Wildman–Crippen LogP) is 11.1. The van der Waals surface area contributed by atoms with Crippen LogP contribution in [0.3, 0.4) is 0 Å². The Morgan fingerprint density at radius 1 is 0.400 bits per heavy atom. The molecular weight excluding hydrogens is 611 g/mol. The largest absolute Gasteiger partial charge is 0.277 e. The number of hydrogen-bond acceptors (Lipinski definition) is 2. The molecule has 0 aliphatic heterocycles. The number of para-hydroxylation sites is 3. The molecule has 0 aliphatic rings. The molecule has 0 saturated heterocycles. The molecular formula is C46H29N3O. The average molecular weight is 640 g/mol. The van der Waals surface area contributed by atoms with Crippen molar-refractivity contribution in [1.29, 1.82) is 0 Å². The first kappa shape index (κ1) is 28.3. The van der Waals surface area contributed by atoms with Crippen molar-refractivity contribution >= 4 is 49.3 Å². The molecule has 4 nitrogen and oxygen atoms in total. The van der Waals surface area contributed by atoms with Crippen molar-refractivity contribution in [3.63, 3.8) is 0 Å². The van der Waals surface area contributed by atoms with Crippen LogP contribution in [0.25, 0.3) is 88.3 Å². The highest BCUT2D eigenvalue weighted by molar-refractivity contribution is 6.20. The molecule has 0 saturated carbocycles. The highest BCUT2D eigenvalue weighted by atomic mass is 16.1. The second-order valence-electron chi connectivity index (χ2n) is 12.7. The molecule has 2 aromatic heterocycles. The molecule has 50 heavy (non-hydrogen) atoms. The molecule has 10 aromatic rings. The van der Waals surface area contributed by atoms with Crippen LogP contribution in [0, 0.1) is 0 Å². The predicted molar refractivity (Wildman–Crippen MR) is 207 cm³/mol. The summed E-state index contributed by atoms with van der Waals surface area (Å²) < 4.78 is 3.99. The Hall–Kier alpha value is -6.78. The molecule has 0 aliphatic carbocycles. The summed E-state index contributed by atoms with van der Waals surface area (Å²) in [6.45, 7) is 0. The normalized spacial score (nSPS) is 11.7. The van der Waals surface area contributed by atoms with Crippen molar-refractivity contribution < 1.29 is 0 Å². The summed E-state index contributed by atoms with van der Waals surface area (Å²) in [4.78, 5) is 19.5. The van der Waals surface area contributed by atoms with Crippen LogP contribution in [-0.2, 0) is 0 Å². The van der Waals surface area contributed by atoms with Crippen molar-refractivity contribution in [2.45, 2.75) is 0 Å². The first-order valence-corrected chi connectivity index (χ1v) is 16.9. The molecule has 0 spiro atoms. The quantitative estimate of drug-likeness (QED) is 0.180. The van der Waals surface area contributed by atoms with E-state index in [0.29, 0.717) is 16.7 Å². The van der Waals surface area contributed by atoms with Gasteiger partial charge in [-0.3, -0.25) is 9.36 Å². The van der Waals surface area contributed by atoms with Gasteiger partial charge < -0.3 is 0 Å². The highest BCUT2D eigenvalue weighted by Gasteiger charge is 2.23. The molecule has 2 heterocycles. The Morgan fingerprint density at radius 3 is 1.62 bits per heavy atom. The molecule has 4 heteroatoms. The van der Waals surface area contributed by atoms with E-state index in [0.717, 1.165) is 66.1 Å². The van der Waals surface area contributed by atoms with Crippen molar-refractivity contribution in [1.82, 2.24) is 14.0 Å². The monoisotopic (exact) mass is 639 g/mol. The van der Waals surface area contributed by atoms with E-state index in [1.165, 1.54) is 5.56 Å². The van der Waals surface area contributed by atoms with Gasteiger partial charge in [0, 0.05) is 10.8 Å². The van der Waals surface area contributed by atoms with Crippen LogP contribution in [0.1, 0.15) is 0 Å². The van der Waals surface area contributed by atoms with E-state index >= 15 is 0 Å². The third-order valence-corrected chi connectivity index (χ3v) is 9.91. The van der Waals surface area contributed by atoms with Crippen LogP contribution in [-0.4, -0.2) is 14.0 Å². The Labute approximate surface area is 287 Å². The second kappa shape index (κ2) is 11.1. The Morgan fingerprint density at radius 2 is 0.940 bits per heavy atom. The van der Waals surface area contributed by atoms with E-state index in [4.69, 9.17) is 4.98 Å². The SMILES string of the molecule is O=c1c2ccccc2nc2n(-c3c4ccc(-c5ccccc5)cc4c(-c4ccccc4)c4ccc(-c5ccccc5)cc34)c3ccccc3n12. The zero-order valence-corrected chi connectivity index (χ0v) is 27.0. The lowest BCUT2D eigenvalue weighted by molar-refractivity contribution is 1.06. The van der Waals surface area contributed by atoms with Gasteiger partial charge in [-0.1, -0.05) is 140 Å². The van der Waals surface area contributed by atoms with Crippen molar-refractivity contribution in [3.05, 3.63) is 186 Å². The van der Waals surface area contributed by atoms with Crippen molar-refractivity contribution in [2.75, 3.05) is 0 Å². The van der Waals surface area contributed by atoms with E-state index < -0.39 is 0 Å². The molecule has 0 amide bonds. The lowest BCUT2D eigenvalue weighted by Gasteiger charge is -2.20. The van der Waals surface area contributed by atoms with E-state index in [2.05, 4.69) is 132 Å². The molecule has 0 atom stereocenters. The van der Waals surface area contributed by atoms with Crippen LogP contribution < -0.4 is 5.56 Å². The average Bonchev–Trinajstić information content (AvgIpc) is 3.51. The number of benzene rings is 8. The second-order valence-corrected chi connectivity index (χ2v) is 12.7. The number of fused-ring (bicyclic) bond motifs is 6. The molecule has 10 rings (SSSR count). The Bertz CT molecular complexity index is 2980. The lowest BCUT2D eigenvalue weighted by atomic mass is 9.87. The number of hydrogen-bond donors (Lipinski definition) is 0. The van der Waals surface area contributed by atoms with Gasteiger partial charge in [0.15, 0.2) is 0 Å². The summed E-state index contributed by atoms with van der Waals surface area (Å²) in [7, 11) is 0. The Kier molecular flexibility index (Phi) is 6.30. The standard InChI is InChI=1S/C46H29N3O/c50-45-37-20-10-11-21-40(37)47-46-48(41-22-12-13-23-42(41)49(45)46)44-36-27-25-33(30-14-4-1-5-15-30)28-38(36)43(32-18-8-3-9-19-32)35-26-24-34(29-39(35)44)31-16-6-2-7-17-31/h1-29H. The van der Waals surface area contributed by atoms with Crippen molar-refractivity contribution in [3.8, 4) is 39.1 Å². The molecule has 8 aromatic carbocycles. The van der Waals surface area contributed by atoms with Crippen LogP contribution in [0.2, 0.25) is 0 Å². The first-order chi connectivity index (χ1) is 24.7. The fourth-order valence-electron chi connectivity index (χ4n) is 7.64. The molecule has 0 unspecified atom stereocenters. The summed E-state index contributed by atoms with van der Waals surface area (Å²) in [5.74, 6) is 0.585. The zero-order valence-electron chi connectivity index (χ0n) is 27.0. The maximum absolute atomic E-state index is 14.3. The van der Waals surface area contributed by atoms with Crippen LogP contribution in [0.4, 0.5) is 0 Å². The maximum atomic E-state index is 14.3.